The number of nitrogens with zero attached hydrogens (tertiary/aromatic N) is 2. The molecule has 3 nitrogen and oxygen atoms in total. The molecule has 20 heavy (non-hydrogen) atoms. The number of nitrogens with two attached hydrogens (primary N) is 1. The highest BCUT2D eigenvalue weighted by Gasteiger charge is 2.12. The van der Waals surface area contributed by atoms with Crippen LogP contribution in [-0.4, -0.2) is 23.6 Å². The van der Waals surface area contributed by atoms with E-state index in [4.69, 9.17) is 18.0 Å². The molecule has 0 amide bonds. The van der Waals surface area contributed by atoms with Crippen molar-refractivity contribution in [3.63, 3.8) is 0 Å². The van der Waals surface area contributed by atoms with E-state index in [1.54, 1.807) is 0 Å². The van der Waals surface area contributed by atoms with Gasteiger partial charge in [-0.05, 0) is 40.2 Å². The predicted octanol–water partition coefficient (Wildman–Crippen LogP) is 3.16. The number of rotatable bonds is 5. The highest BCUT2D eigenvalue weighted by molar-refractivity contribution is 9.10. The van der Waals surface area contributed by atoms with Gasteiger partial charge in [0.15, 0.2) is 0 Å². The molecule has 0 unspecified atom stereocenters. The normalized spacial score (nSPS) is 10.3. The molecule has 1 heterocycles. The van der Waals surface area contributed by atoms with E-state index in [2.05, 4.69) is 25.8 Å². The van der Waals surface area contributed by atoms with Crippen molar-refractivity contribution in [3.8, 4) is 0 Å². The minimum absolute atomic E-state index is 0.400. The Balaban J connectivity index is 2.15. The molecule has 0 aliphatic heterocycles. The van der Waals surface area contributed by atoms with Crippen molar-refractivity contribution in [2.45, 2.75) is 6.42 Å². The molecule has 0 spiro atoms. The fourth-order valence-electron chi connectivity index (χ4n) is 2.02. The first kappa shape index (κ1) is 14.9. The van der Waals surface area contributed by atoms with Crippen LogP contribution in [0.3, 0.4) is 0 Å². The summed E-state index contributed by atoms with van der Waals surface area (Å²) >= 11 is 8.65. The minimum atomic E-state index is 0.400. The Morgan fingerprint density at radius 3 is 2.75 bits per heavy atom. The lowest BCUT2D eigenvalue weighted by Gasteiger charge is -2.22. The number of hydrogen-bond acceptors (Lipinski definition) is 3. The quantitative estimate of drug-likeness (QED) is 0.842. The maximum Gasteiger partial charge on any atom is 0.107 e. The van der Waals surface area contributed by atoms with E-state index in [9.17, 15) is 0 Å². The standard InChI is InChI=1S/C15H16BrN3S/c1-19(10-8-11-5-2-3-9-18-11)13-7-4-6-12(16)14(13)15(17)20/h2-7,9H,8,10H2,1H3,(H2,17,20). The molecule has 2 rings (SSSR count). The summed E-state index contributed by atoms with van der Waals surface area (Å²) in [4.78, 5) is 6.88. The molecule has 2 N–H and O–H groups in total. The molecule has 0 aliphatic rings. The van der Waals surface area contributed by atoms with Gasteiger partial charge >= 0.3 is 0 Å². The smallest absolute Gasteiger partial charge is 0.107 e. The number of anilines is 1. The van der Waals surface area contributed by atoms with Crippen LogP contribution < -0.4 is 10.6 Å². The lowest BCUT2D eigenvalue weighted by molar-refractivity contribution is 0.851. The van der Waals surface area contributed by atoms with Gasteiger partial charge in [0.1, 0.15) is 4.99 Å². The third-order valence-corrected chi connectivity index (χ3v) is 3.94. The molecule has 0 bridgehead atoms. The second kappa shape index (κ2) is 6.81. The summed E-state index contributed by atoms with van der Waals surface area (Å²) in [5.74, 6) is 0. The summed E-state index contributed by atoms with van der Waals surface area (Å²) < 4.78 is 0.923. The summed E-state index contributed by atoms with van der Waals surface area (Å²) in [6.07, 6.45) is 2.69. The molecule has 5 heteroatoms. The average Bonchev–Trinajstić information content (AvgIpc) is 2.45. The van der Waals surface area contributed by atoms with E-state index < -0.39 is 0 Å². The van der Waals surface area contributed by atoms with Crippen molar-refractivity contribution in [1.82, 2.24) is 4.98 Å². The average molecular weight is 350 g/mol. The van der Waals surface area contributed by atoms with Crippen LogP contribution in [0.4, 0.5) is 5.69 Å². The van der Waals surface area contributed by atoms with Gasteiger partial charge in [0, 0.05) is 47.6 Å². The maximum absolute atomic E-state index is 5.82. The highest BCUT2D eigenvalue weighted by atomic mass is 79.9. The highest BCUT2D eigenvalue weighted by Crippen LogP contribution is 2.27. The second-order valence-corrected chi connectivity index (χ2v) is 5.79. The zero-order valence-electron chi connectivity index (χ0n) is 11.2. The van der Waals surface area contributed by atoms with Crippen LogP contribution >= 0.6 is 28.1 Å². The first-order valence-corrected chi connectivity index (χ1v) is 7.49. The molecular weight excluding hydrogens is 334 g/mol. The molecule has 0 saturated carbocycles. The van der Waals surface area contributed by atoms with Crippen molar-refractivity contribution in [2.75, 3.05) is 18.5 Å². The number of halogens is 1. The van der Waals surface area contributed by atoms with E-state index in [1.807, 2.05) is 49.6 Å². The Morgan fingerprint density at radius 1 is 1.30 bits per heavy atom. The molecule has 0 saturated heterocycles. The number of thiocarbonyl (C=S) groups is 1. The van der Waals surface area contributed by atoms with Crippen molar-refractivity contribution in [3.05, 3.63) is 58.3 Å². The molecule has 0 atom stereocenters. The van der Waals surface area contributed by atoms with Crippen LogP contribution in [0.1, 0.15) is 11.3 Å². The van der Waals surface area contributed by atoms with Gasteiger partial charge in [-0.15, -0.1) is 0 Å². The fourth-order valence-corrected chi connectivity index (χ4v) is 2.94. The van der Waals surface area contributed by atoms with E-state index >= 15 is 0 Å². The zero-order valence-corrected chi connectivity index (χ0v) is 13.6. The van der Waals surface area contributed by atoms with Gasteiger partial charge in [-0.25, -0.2) is 0 Å². The summed E-state index contributed by atoms with van der Waals surface area (Å²) in [5.41, 5.74) is 8.81. The number of benzene rings is 1. The molecule has 0 aliphatic carbocycles. The first-order valence-electron chi connectivity index (χ1n) is 6.29. The Hall–Kier alpha value is -1.46. The van der Waals surface area contributed by atoms with Gasteiger partial charge in [-0.2, -0.15) is 0 Å². The van der Waals surface area contributed by atoms with E-state index in [-0.39, 0.29) is 0 Å². The van der Waals surface area contributed by atoms with Crippen LogP contribution in [0.2, 0.25) is 0 Å². The molecule has 0 fully saturated rings. The van der Waals surface area contributed by atoms with Crippen LogP contribution in [0, 0.1) is 0 Å². The van der Waals surface area contributed by atoms with Crippen molar-refractivity contribution >= 4 is 38.8 Å². The lowest BCUT2D eigenvalue weighted by atomic mass is 10.1. The lowest BCUT2D eigenvalue weighted by Crippen LogP contribution is -2.24. The van der Waals surface area contributed by atoms with Crippen molar-refractivity contribution in [1.29, 1.82) is 0 Å². The molecular formula is C15H16BrN3S. The first-order chi connectivity index (χ1) is 9.59. The van der Waals surface area contributed by atoms with Gasteiger partial charge in [0.25, 0.3) is 0 Å². The summed E-state index contributed by atoms with van der Waals surface area (Å²) in [6, 6.07) is 11.9. The van der Waals surface area contributed by atoms with E-state index in [0.717, 1.165) is 34.4 Å². The third kappa shape index (κ3) is 3.55. The van der Waals surface area contributed by atoms with Gasteiger partial charge in [0.05, 0.1) is 0 Å². The van der Waals surface area contributed by atoms with Gasteiger partial charge in [-0.1, -0.05) is 24.4 Å². The minimum Gasteiger partial charge on any atom is -0.389 e. The molecule has 104 valence electrons. The monoisotopic (exact) mass is 349 g/mol. The van der Waals surface area contributed by atoms with Crippen LogP contribution in [0.25, 0.3) is 0 Å². The second-order valence-electron chi connectivity index (χ2n) is 4.49. The Kier molecular flexibility index (Phi) is 5.09. The van der Waals surface area contributed by atoms with Crippen molar-refractivity contribution < 1.29 is 0 Å². The van der Waals surface area contributed by atoms with E-state index in [1.165, 1.54) is 0 Å². The molecule has 1 aromatic heterocycles. The largest absolute Gasteiger partial charge is 0.389 e. The summed E-state index contributed by atoms with van der Waals surface area (Å²) in [7, 11) is 2.03. The number of aromatic nitrogens is 1. The van der Waals surface area contributed by atoms with Gasteiger partial charge in [0.2, 0.25) is 0 Å². The predicted molar refractivity (Wildman–Crippen MR) is 91.2 cm³/mol. The molecule has 1 aromatic carbocycles. The number of likely N-dealkylation sites (N-methyl/N-ethyl adjacent to an activating group) is 1. The number of hydrogen-bond donors (Lipinski definition) is 1. The van der Waals surface area contributed by atoms with Gasteiger partial charge in [-0.3, -0.25) is 4.98 Å². The number of pyridine rings is 1. The maximum atomic E-state index is 5.82. The van der Waals surface area contributed by atoms with E-state index in [0.29, 0.717) is 4.99 Å². The topological polar surface area (TPSA) is 42.2 Å². The zero-order chi connectivity index (χ0) is 14.5. The summed E-state index contributed by atoms with van der Waals surface area (Å²) in [6.45, 7) is 0.850. The van der Waals surface area contributed by atoms with Gasteiger partial charge < -0.3 is 10.6 Å². The molecule has 2 aromatic rings. The Labute approximate surface area is 132 Å². The fraction of sp³-hybridized carbons (Fsp3) is 0.200. The molecule has 0 radical (unpaired) electrons. The van der Waals surface area contributed by atoms with Crippen LogP contribution in [0.15, 0.2) is 47.1 Å². The Morgan fingerprint density at radius 2 is 2.10 bits per heavy atom. The van der Waals surface area contributed by atoms with Crippen LogP contribution in [0.5, 0.6) is 0 Å². The summed E-state index contributed by atoms with van der Waals surface area (Å²) in [5, 5.41) is 0. The Bertz CT molecular complexity index is 601. The van der Waals surface area contributed by atoms with Crippen molar-refractivity contribution in [2.24, 2.45) is 5.73 Å². The van der Waals surface area contributed by atoms with Crippen LogP contribution in [-0.2, 0) is 6.42 Å². The third-order valence-electron chi connectivity index (χ3n) is 3.08. The SMILES string of the molecule is CN(CCc1ccccn1)c1cccc(Br)c1C(N)=S.